The van der Waals surface area contributed by atoms with E-state index < -0.39 is 0 Å². The lowest BCUT2D eigenvalue weighted by molar-refractivity contribution is 0.302. The van der Waals surface area contributed by atoms with Gasteiger partial charge >= 0.3 is 0 Å². The summed E-state index contributed by atoms with van der Waals surface area (Å²) < 4.78 is 1.79. The lowest BCUT2D eigenvalue weighted by Crippen LogP contribution is -2.35. The lowest BCUT2D eigenvalue weighted by Gasteiger charge is -2.19. The van der Waals surface area contributed by atoms with Crippen molar-refractivity contribution < 1.29 is 0 Å². The van der Waals surface area contributed by atoms with Crippen LogP contribution in [0.2, 0.25) is 0 Å². The highest BCUT2D eigenvalue weighted by molar-refractivity contribution is 4.92. The van der Waals surface area contributed by atoms with E-state index in [0.29, 0.717) is 6.04 Å². The monoisotopic (exact) mass is 197 g/mol. The zero-order valence-electron chi connectivity index (χ0n) is 9.36. The van der Waals surface area contributed by atoms with Gasteiger partial charge in [-0.25, -0.2) is 0 Å². The second kappa shape index (κ2) is 5.07. The smallest absolute Gasteiger partial charge is 0.0738 e. The van der Waals surface area contributed by atoms with Crippen LogP contribution in [0.3, 0.4) is 0 Å². The molecule has 1 aromatic heterocycles. The van der Waals surface area contributed by atoms with Gasteiger partial charge in [0, 0.05) is 26.2 Å². The Labute approximate surface area is 85.1 Å². The second-order valence-electron chi connectivity index (χ2n) is 3.79. The predicted molar refractivity (Wildman–Crippen MR) is 55.9 cm³/mol. The fourth-order valence-corrected chi connectivity index (χ4v) is 1.06. The minimum absolute atomic E-state index is 0.538. The highest BCUT2D eigenvalue weighted by atomic mass is 15.4. The van der Waals surface area contributed by atoms with Crippen molar-refractivity contribution in [2.45, 2.75) is 19.5 Å². The topological polar surface area (TPSA) is 46.0 Å². The van der Waals surface area contributed by atoms with E-state index in [2.05, 4.69) is 41.5 Å². The Balaban J connectivity index is 2.25. The van der Waals surface area contributed by atoms with Crippen LogP contribution in [0.15, 0.2) is 6.20 Å². The van der Waals surface area contributed by atoms with E-state index in [9.17, 15) is 0 Å². The largest absolute Gasteiger partial charge is 0.310 e. The predicted octanol–water partition coefficient (Wildman–Crippen LogP) is -0.145. The van der Waals surface area contributed by atoms with Gasteiger partial charge in [-0.1, -0.05) is 5.21 Å². The van der Waals surface area contributed by atoms with Crippen molar-refractivity contribution in [2.75, 3.05) is 20.6 Å². The quantitative estimate of drug-likeness (QED) is 0.713. The van der Waals surface area contributed by atoms with Gasteiger partial charge in [-0.3, -0.25) is 4.68 Å². The maximum Gasteiger partial charge on any atom is 0.0738 e. The van der Waals surface area contributed by atoms with Crippen LogP contribution in [0.5, 0.6) is 0 Å². The van der Waals surface area contributed by atoms with Crippen molar-refractivity contribution in [1.29, 1.82) is 0 Å². The van der Waals surface area contributed by atoms with Gasteiger partial charge < -0.3 is 10.2 Å². The second-order valence-corrected chi connectivity index (χ2v) is 3.79. The van der Waals surface area contributed by atoms with E-state index in [-0.39, 0.29) is 0 Å². The molecular weight excluding hydrogens is 178 g/mol. The van der Waals surface area contributed by atoms with Gasteiger partial charge in [-0.05, 0) is 21.0 Å². The van der Waals surface area contributed by atoms with Crippen LogP contribution in [-0.2, 0) is 13.6 Å². The first-order chi connectivity index (χ1) is 6.61. The van der Waals surface area contributed by atoms with Gasteiger partial charge in [0.25, 0.3) is 0 Å². The van der Waals surface area contributed by atoms with Crippen LogP contribution >= 0.6 is 0 Å². The average molecular weight is 197 g/mol. The molecule has 80 valence electrons. The van der Waals surface area contributed by atoms with Gasteiger partial charge in [0.05, 0.1) is 11.9 Å². The van der Waals surface area contributed by atoms with Gasteiger partial charge in [0.2, 0.25) is 0 Å². The molecule has 0 fully saturated rings. The minimum atomic E-state index is 0.538. The number of likely N-dealkylation sites (N-methyl/N-ethyl adjacent to an activating group) is 1. The van der Waals surface area contributed by atoms with Crippen molar-refractivity contribution in [3.8, 4) is 0 Å². The molecule has 0 aliphatic heterocycles. The van der Waals surface area contributed by atoms with Gasteiger partial charge in [0.15, 0.2) is 0 Å². The summed E-state index contributed by atoms with van der Waals surface area (Å²) in [7, 11) is 6.06. The molecule has 0 saturated heterocycles. The van der Waals surface area contributed by atoms with E-state index >= 15 is 0 Å². The molecule has 0 amide bonds. The molecular formula is C9H19N5. The summed E-state index contributed by atoms with van der Waals surface area (Å²) >= 11 is 0. The van der Waals surface area contributed by atoms with E-state index in [1.54, 1.807) is 10.9 Å². The summed E-state index contributed by atoms with van der Waals surface area (Å²) in [6, 6.07) is 0.538. The molecule has 1 atom stereocenters. The molecule has 0 aliphatic rings. The molecule has 1 heterocycles. The molecule has 0 aromatic carbocycles. The Morgan fingerprint density at radius 3 is 2.79 bits per heavy atom. The molecule has 14 heavy (non-hydrogen) atoms. The Morgan fingerprint density at radius 2 is 2.29 bits per heavy atom. The SMILES string of the molecule is CC(CNCc1cnnn1C)N(C)C. The van der Waals surface area contributed by atoms with E-state index in [1.165, 1.54) is 0 Å². The number of rotatable bonds is 5. The van der Waals surface area contributed by atoms with Crippen LogP contribution in [0.25, 0.3) is 0 Å². The fourth-order valence-electron chi connectivity index (χ4n) is 1.06. The third kappa shape index (κ3) is 3.08. The molecule has 0 saturated carbocycles. The Morgan fingerprint density at radius 1 is 1.57 bits per heavy atom. The van der Waals surface area contributed by atoms with Crippen molar-refractivity contribution in [3.63, 3.8) is 0 Å². The molecule has 0 radical (unpaired) electrons. The minimum Gasteiger partial charge on any atom is -0.310 e. The number of aromatic nitrogens is 3. The first-order valence-corrected chi connectivity index (χ1v) is 4.82. The van der Waals surface area contributed by atoms with Crippen molar-refractivity contribution in [1.82, 2.24) is 25.2 Å². The summed E-state index contributed by atoms with van der Waals surface area (Å²) in [4.78, 5) is 2.19. The molecule has 1 N–H and O–H groups in total. The zero-order chi connectivity index (χ0) is 10.6. The molecule has 0 bridgehead atoms. The molecule has 1 rings (SSSR count). The maximum absolute atomic E-state index is 3.87. The van der Waals surface area contributed by atoms with Crippen LogP contribution in [0, 0.1) is 0 Å². The van der Waals surface area contributed by atoms with Crippen molar-refractivity contribution in [3.05, 3.63) is 11.9 Å². The third-order valence-electron chi connectivity index (χ3n) is 2.44. The standard InChI is InChI=1S/C9H19N5/c1-8(13(2)3)5-10-6-9-7-11-12-14(9)4/h7-8,10H,5-6H2,1-4H3. The number of nitrogens with one attached hydrogen (secondary N) is 1. The third-order valence-corrected chi connectivity index (χ3v) is 2.44. The molecule has 0 aliphatic carbocycles. The highest BCUT2D eigenvalue weighted by Crippen LogP contribution is 1.93. The zero-order valence-corrected chi connectivity index (χ0v) is 9.36. The van der Waals surface area contributed by atoms with Gasteiger partial charge in [0.1, 0.15) is 0 Å². The van der Waals surface area contributed by atoms with Gasteiger partial charge in [-0.15, -0.1) is 5.10 Å². The summed E-state index contributed by atoms with van der Waals surface area (Å²) in [5.74, 6) is 0. The summed E-state index contributed by atoms with van der Waals surface area (Å²) in [5, 5.41) is 11.1. The summed E-state index contributed by atoms with van der Waals surface area (Å²) in [6.07, 6.45) is 1.79. The maximum atomic E-state index is 3.87. The first kappa shape index (κ1) is 11.1. The van der Waals surface area contributed by atoms with Crippen molar-refractivity contribution >= 4 is 0 Å². The van der Waals surface area contributed by atoms with E-state index in [0.717, 1.165) is 18.8 Å². The van der Waals surface area contributed by atoms with E-state index in [4.69, 9.17) is 0 Å². The summed E-state index contributed by atoms with van der Waals surface area (Å²) in [6.45, 7) is 3.98. The average Bonchev–Trinajstić information content (AvgIpc) is 2.51. The molecule has 5 heteroatoms. The number of nitrogens with zero attached hydrogens (tertiary/aromatic N) is 4. The van der Waals surface area contributed by atoms with Crippen LogP contribution in [0.4, 0.5) is 0 Å². The number of hydrogen-bond donors (Lipinski definition) is 1. The van der Waals surface area contributed by atoms with Crippen LogP contribution < -0.4 is 5.32 Å². The van der Waals surface area contributed by atoms with Crippen LogP contribution in [-0.4, -0.2) is 46.6 Å². The Hall–Kier alpha value is -0.940. The Bertz CT molecular complexity index is 268. The Kier molecular flexibility index (Phi) is 4.03. The molecule has 1 aromatic rings. The normalized spacial score (nSPS) is 13.5. The number of hydrogen-bond acceptors (Lipinski definition) is 4. The molecule has 1 unspecified atom stereocenters. The summed E-state index contributed by atoms with van der Waals surface area (Å²) in [5.41, 5.74) is 1.11. The highest BCUT2D eigenvalue weighted by Gasteiger charge is 2.04. The number of aryl methyl sites for hydroxylation is 1. The fraction of sp³-hybridized carbons (Fsp3) is 0.778. The first-order valence-electron chi connectivity index (χ1n) is 4.82. The van der Waals surface area contributed by atoms with E-state index in [1.807, 2.05) is 7.05 Å². The van der Waals surface area contributed by atoms with Gasteiger partial charge in [-0.2, -0.15) is 0 Å². The molecule has 5 nitrogen and oxygen atoms in total. The lowest BCUT2D eigenvalue weighted by atomic mass is 10.3. The van der Waals surface area contributed by atoms with Crippen molar-refractivity contribution in [2.24, 2.45) is 7.05 Å². The van der Waals surface area contributed by atoms with Crippen LogP contribution in [0.1, 0.15) is 12.6 Å². The molecule has 0 spiro atoms.